The van der Waals surface area contributed by atoms with Crippen LogP contribution in [0, 0.1) is 5.92 Å². The van der Waals surface area contributed by atoms with Gasteiger partial charge in [0, 0.05) is 13.1 Å². The van der Waals surface area contributed by atoms with E-state index in [4.69, 9.17) is 0 Å². The first-order chi connectivity index (χ1) is 8.13. The number of likely N-dealkylation sites (N-methyl/N-ethyl adjacent to an activating group) is 1. The molecule has 0 aliphatic carbocycles. The summed E-state index contributed by atoms with van der Waals surface area (Å²) in [4.78, 5) is 15.9. The van der Waals surface area contributed by atoms with Gasteiger partial charge in [0.05, 0.1) is 6.54 Å². The Hall–Kier alpha value is -0.320. The molecule has 1 heterocycles. The van der Waals surface area contributed by atoms with Gasteiger partial charge in [-0.1, -0.05) is 0 Å². The minimum Gasteiger partial charge on any atom is -0.342 e. The standard InChI is InChI=1S/C13H27N3O.ClH/c1-14-11-13(17)16-9-6-12(7-10-16)5-4-8-15(2)3;/h12,14H,4-11H2,1-3H3;1H. The van der Waals surface area contributed by atoms with E-state index in [0.717, 1.165) is 19.0 Å². The largest absolute Gasteiger partial charge is 0.342 e. The van der Waals surface area contributed by atoms with Crippen LogP contribution in [0.5, 0.6) is 0 Å². The average molecular weight is 278 g/mol. The molecule has 0 aromatic rings. The van der Waals surface area contributed by atoms with Gasteiger partial charge in [0.1, 0.15) is 0 Å². The Labute approximate surface area is 117 Å². The van der Waals surface area contributed by atoms with Crippen LogP contribution in [0.2, 0.25) is 0 Å². The van der Waals surface area contributed by atoms with Crippen molar-refractivity contribution in [1.29, 1.82) is 0 Å². The maximum Gasteiger partial charge on any atom is 0.236 e. The van der Waals surface area contributed by atoms with Crippen molar-refractivity contribution in [2.45, 2.75) is 25.7 Å². The van der Waals surface area contributed by atoms with Crippen LogP contribution in [0.15, 0.2) is 0 Å². The molecule has 1 aliphatic heterocycles. The monoisotopic (exact) mass is 277 g/mol. The molecular weight excluding hydrogens is 250 g/mol. The smallest absolute Gasteiger partial charge is 0.236 e. The summed E-state index contributed by atoms with van der Waals surface area (Å²) in [5.41, 5.74) is 0. The molecule has 1 fully saturated rings. The summed E-state index contributed by atoms with van der Waals surface area (Å²) >= 11 is 0. The van der Waals surface area contributed by atoms with Crippen molar-refractivity contribution in [3.8, 4) is 0 Å². The lowest BCUT2D eigenvalue weighted by molar-refractivity contribution is -0.131. The minimum atomic E-state index is 0. The van der Waals surface area contributed by atoms with Crippen LogP contribution in [0.1, 0.15) is 25.7 Å². The highest BCUT2D eigenvalue weighted by atomic mass is 35.5. The van der Waals surface area contributed by atoms with Crippen molar-refractivity contribution >= 4 is 18.3 Å². The molecule has 1 amide bonds. The Kier molecular flexibility index (Phi) is 9.42. The molecule has 1 N–H and O–H groups in total. The van der Waals surface area contributed by atoms with E-state index in [0.29, 0.717) is 6.54 Å². The van der Waals surface area contributed by atoms with Crippen molar-refractivity contribution < 1.29 is 4.79 Å². The van der Waals surface area contributed by atoms with Crippen molar-refractivity contribution in [1.82, 2.24) is 15.1 Å². The lowest BCUT2D eigenvalue weighted by Crippen LogP contribution is -2.42. The molecule has 0 unspecified atom stereocenters. The van der Waals surface area contributed by atoms with Gasteiger partial charge < -0.3 is 15.1 Å². The van der Waals surface area contributed by atoms with Gasteiger partial charge in [-0.15, -0.1) is 12.4 Å². The maximum absolute atomic E-state index is 11.7. The van der Waals surface area contributed by atoms with Gasteiger partial charge in [-0.3, -0.25) is 4.79 Å². The number of halogens is 1. The second-order valence-corrected chi connectivity index (χ2v) is 5.30. The maximum atomic E-state index is 11.7. The summed E-state index contributed by atoms with van der Waals surface area (Å²) in [7, 11) is 6.07. The van der Waals surface area contributed by atoms with E-state index in [2.05, 4.69) is 24.3 Å². The molecule has 0 saturated carbocycles. The lowest BCUT2D eigenvalue weighted by Gasteiger charge is -2.32. The highest BCUT2D eigenvalue weighted by Crippen LogP contribution is 2.21. The molecule has 1 saturated heterocycles. The molecular formula is C13H28ClN3O. The molecule has 1 rings (SSSR count). The van der Waals surface area contributed by atoms with Gasteiger partial charge in [0.25, 0.3) is 0 Å². The molecule has 0 atom stereocenters. The average Bonchev–Trinajstić information content (AvgIpc) is 2.30. The van der Waals surface area contributed by atoms with Gasteiger partial charge in [0.15, 0.2) is 0 Å². The normalized spacial score (nSPS) is 16.8. The molecule has 1 aliphatic rings. The van der Waals surface area contributed by atoms with Crippen molar-refractivity contribution in [3.05, 3.63) is 0 Å². The molecule has 18 heavy (non-hydrogen) atoms. The van der Waals surface area contributed by atoms with Crippen molar-refractivity contribution in [2.24, 2.45) is 5.92 Å². The zero-order chi connectivity index (χ0) is 12.7. The minimum absolute atomic E-state index is 0. The molecule has 108 valence electrons. The zero-order valence-electron chi connectivity index (χ0n) is 11.9. The van der Waals surface area contributed by atoms with Crippen LogP contribution < -0.4 is 5.32 Å². The molecule has 0 radical (unpaired) electrons. The van der Waals surface area contributed by atoms with Crippen LogP contribution in [0.4, 0.5) is 0 Å². The molecule has 0 aromatic carbocycles. The van der Waals surface area contributed by atoms with Crippen molar-refractivity contribution in [3.63, 3.8) is 0 Å². The number of rotatable bonds is 6. The predicted octanol–water partition coefficient (Wildman–Crippen LogP) is 1.21. The molecule has 0 bridgehead atoms. The van der Waals surface area contributed by atoms with Gasteiger partial charge >= 0.3 is 0 Å². The van der Waals surface area contributed by atoms with Gasteiger partial charge in [-0.05, 0) is 59.3 Å². The van der Waals surface area contributed by atoms with Crippen LogP contribution >= 0.6 is 12.4 Å². The fraction of sp³-hybridized carbons (Fsp3) is 0.923. The number of carbonyl (C=O) groups is 1. The molecule has 0 spiro atoms. The number of hydrogen-bond donors (Lipinski definition) is 1. The van der Waals surface area contributed by atoms with Crippen LogP contribution in [-0.4, -0.2) is 63.0 Å². The number of nitrogens with zero attached hydrogens (tertiary/aromatic N) is 2. The lowest BCUT2D eigenvalue weighted by atomic mass is 9.92. The summed E-state index contributed by atoms with van der Waals surface area (Å²) in [5, 5.41) is 2.93. The van der Waals surface area contributed by atoms with Crippen LogP contribution in [0.25, 0.3) is 0 Å². The Morgan fingerprint density at radius 1 is 1.33 bits per heavy atom. The second kappa shape index (κ2) is 9.59. The quantitative estimate of drug-likeness (QED) is 0.793. The Morgan fingerprint density at radius 2 is 1.94 bits per heavy atom. The first-order valence-electron chi connectivity index (χ1n) is 6.70. The fourth-order valence-corrected chi connectivity index (χ4v) is 2.43. The number of piperidine rings is 1. The summed E-state index contributed by atoms with van der Waals surface area (Å²) in [6, 6.07) is 0. The highest BCUT2D eigenvalue weighted by Gasteiger charge is 2.21. The number of hydrogen-bond acceptors (Lipinski definition) is 3. The third-order valence-electron chi connectivity index (χ3n) is 3.51. The van der Waals surface area contributed by atoms with E-state index >= 15 is 0 Å². The van der Waals surface area contributed by atoms with Crippen LogP contribution in [-0.2, 0) is 4.79 Å². The van der Waals surface area contributed by atoms with Gasteiger partial charge in [-0.25, -0.2) is 0 Å². The first kappa shape index (κ1) is 17.7. The topological polar surface area (TPSA) is 35.6 Å². The molecule has 4 nitrogen and oxygen atoms in total. The zero-order valence-corrected chi connectivity index (χ0v) is 12.8. The summed E-state index contributed by atoms with van der Waals surface area (Å²) in [6.07, 6.45) is 4.96. The number of nitrogens with one attached hydrogen (secondary N) is 1. The Bertz CT molecular complexity index is 228. The van der Waals surface area contributed by atoms with Crippen molar-refractivity contribution in [2.75, 3.05) is 47.3 Å². The van der Waals surface area contributed by atoms with Crippen LogP contribution in [0.3, 0.4) is 0 Å². The van der Waals surface area contributed by atoms with E-state index in [-0.39, 0.29) is 18.3 Å². The highest BCUT2D eigenvalue weighted by molar-refractivity contribution is 5.85. The number of likely N-dealkylation sites (tertiary alicyclic amines) is 1. The van der Waals surface area contributed by atoms with E-state index < -0.39 is 0 Å². The molecule has 5 heteroatoms. The van der Waals surface area contributed by atoms with Gasteiger partial charge in [-0.2, -0.15) is 0 Å². The predicted molar refractivity (Wildman–Crippen MR) is 78.3 cm³/mol. The second-order valence-electron chi connectivity index (χ2n) is 5.30. The van der Waals surface area contributed by atoms with E-state index in [1.54, 1.807) is 0 Å². The Balaban J connectivity index is 0.00000289. The summed E-state index contributed by atoms with van der Waals surface area (Å²) in [5.74, 6) is 1.08. The number of amides is 1. The Morgan fingerprint density at radius 3 is 2.44 bits per heavy atom. The van der Waals surface area contributed by atoms with Gasteiger partial charge in [0.2, 0.25) is 5.91 Å². The molecule has 0 aromatic heterocycles. The third-order valence-corrected chi connectivity index (χ3v) is 3.51. The van der Waals surface area contributed by atoms with E-state index in [1.165, 1.54) is 32.2 Å². The van der Waals surface area contributed by atoms with E-state index in [1.807, 2.05) is 11.9 Å². The third kappa shape index (κ3) is 6.57. The summed E-state index contributed by atoms with van der Waals surface area (Å²) in [6.45, 7) is 3.56. The van der Waals surface area contributed by atoms with E-state index in [9.17, 15) is 4.79 Å². The SMILES string of the molecule is CNCC(=O)N1CCC(CCCN(C)C)CC1.Cl. The number of carbonyl (C=O) groups excluding carboxylic acids is 1. The fourth-order valence-electron chi connectivity index (χ4n) is 2.43. The first-order valence-corrected chi connectivity index (χ1v) is 6.70. The summed E-state index contributed by atoms with van der Waals surface area (Å²) < 4.78 is 0.